The third-order valence-electron chi connectivity index (χ3n) is 3.83. The number of carbonyl (C=O) groups is 1. The van der Waals surface area contributed by atoms with Crippen molar-refractivity contribution in [1.82, 2.24) is 4.57 Å². The molecule has 0 bridgehead atoms. The van der Waals surface area contributed by atoms with Crippen LogP contribution in [0.2, 0.25) is 0 Å². The summed E-state index contributed by atoms with van der Waals surface area (Å²) in [5.41, 5.74) is 2.06. The molecule has 20 heavy (non-hydrogen) atoms. The van der Waals surface area contributed by atoms with Gasteiger partial charge in [-0.2, -0.15) is 0 Å². The molecule has 0 saturated heterocycles. The first kappa shape index (κ1) is 13.2. The molecule has 4 nitrogen and oxygen atoms in total. The molecule has 1 aromatic carbocycles. The van der Waals surface area contributed by atoms with E-state index < -0.39 is 0 Å². The smallest absolute Gasteiger partial charge is 0.230 e. The zero-order chi connectivity index (χ0) is 14.1. The van der Waals surface area contributed by atoms with Crippen LogP contribution in [-0.4, -0.2) is 23.2 Å². The highest BCUT2D eigenvalue weighted by Gasteiger charge is 2.43. The molecule has 3 rings (SSSR count). The van der Waals surface area contributed by atoms with Gasteiger partial charge in [-0.1, -0.05) is 0 Å². The predicted molar refractivity (Wildman–Crippen MR) is 79.8 cm³/mol. The highest BCUT2D eigenvalue weighted by molar-refractivity contribution is 5.96. The summed E-state index contributed by atoms with van der Waals surface area (Å²) in [6.45, 7) is 5.70. The first-order valence-electron chi connectivity index (χ1n) is 7.24. The molecule has 2 aromatic rings. The number of hydrogen-bond donors (Lipinski definition) is 1. The minimum absolute atomic E-state index is 0.0193. The van der Waals surface area contributed by atoms with E-state index in [0.717, 1.165) is 24.0 Å². The number of aromatic nitrogens is 1. The third-order valence-corrected chi connectivity index (χ3v) is 3.83. The number of aryl methyl sites for hydroxylation is 1. The molecule has 0 aliphatic heterocycles. The first-order chi connectivity index (χ1) is 9.72. The predicted octanol–water partition coefficient (Wildman–Crippen LogP) is 3.02. The van der Waals surface area contributed by atoms with Gasteiger partial charge in [0.2, 0.25) is 5.91 Å². The number of hydrogen-bond acceptors (Lipinski definition) is 2. The Morgan fingerprint density at radius 1 is 1.40 bits per heavy atom. The van der Waals surface area contributed by atoms with Crippen molar-refractivity contribution in [3.63, 3.8) is 0 Å². The van der Waals surface area contributed by atoms with Crippen LogP contribution in [-0.2, 0) is 16.1 Å². The Bertz CT molecular complexity index is 632. The van der Waals surface area contributed by atoms with E-state index in [1.54, 1.807) is 0 Å². The molecule has 1 aliphatic carbocycles. The maximum absolute atomic E-state index is 12.1. The summed E-state index contributed by atoms with van der Waals surface area (Å²) in [5, 5.41) is 4.14. The van der Waals surface area contributed by atoms with Gasteiger partial charge in [-0.05, 0) is 44.5 Å². The number of benzene rings is 1. The van der Waals surface area contributed by atoms with Crippen molar-refractivity contribution in [3.8, 4) is 0 Å². The van der Waals surface area contributed by atoms with Crippen molar-refractivity contribution in [1.29, 1.82) is 0 Å². The zero-order valence-electron chi connectivity index (χ0n) is 11.9. The fourth-order valence-electron chi connectivity index (χ4n) is 2.63. The van der Waals surface area contributed by atoms with Gasteiger partial charge in [0.1, 0.15) is 0 Å². The van der Waals surface area contributed by atoms with Crippen LogP contribution in [0.1, 0.15) is 20.3 Å². The van der Waals surface area contributed by atoms with E-state index >= 15 is 0 Å². The summed E-state index contributed by atoms with van der Waals surface area (Å²) in [5.74, 6) is 0.0867. The van der Waals surface area contributed by atoms with E-state index in [1.807, 2.05) is 19.1 Å². The van der Waals surface area contributed by atoms with Crippen molar-refractivity contribution in [2.75, 3.05) is 11.9 Å². The monoisotopic (exact) mass is 272 g/mol. The Labute approximate surface area is 118 Å². The van der Waals surface area contributed by atoms with Crippen LogP contribution >= 0.6 is 0 Å². The Morgan fingerprint density at radius 3 is 3.00 bits per heavy atom. The highest BCUT2D eigenvalue weighted by Crippen LogP contribution is 2.35. The molecule has 1 heterocycles. The van der Waals surface area contributed by atoms with Crippen LogP contribution in [0.25, 0.3) is 10.9 Å². The maximum atomic E-state index is 12.1. The lowest BCUT2D eigenvalue weighted by Gasteiger charge is -2.06. The van der Waals surface area contributed by atoms with Gasteiger partial charge in [-0.3, -0.25) is 4.79 Å². The lowest BCUT2D eigenvalue weighted by atomic mass is 10.2. The van der Waals surface area contributed by atoms with Gasteiger partial charge in [0, 0.05) is 35.9 Å². The minimum atomic E-state index is 0.0193. The molecule has 1 fully saturated rings. The van der Waals surface area contributed by atoms with Crippen LogP contribution < -0.4 is 5.32 Å². The SMILES string of the molecule is CCO[C@@H]1C[C@@H]1C(=O)Nc1ccc2c(ccn2CC)c1. The lowest BCUT2D eigenvalue weighted by molar-refractivity contribution is -0.118. The summed E-state index contributed by atoms with van der Waals surface area (Å²) in [6, 6.07) is 8.12. The molecule has 106 valence electrons. The number of fused-ring (bicyclic) bond motifs is 1. The molecule has 1 saturated carbocycles. The topological polar surface area (TPSA) is 43.3 Å². The van der Waals surface area contributed by atoms with E-state index in [-0.39, 0.29) is 17.9 Å². The largest absolute Gasteiger partial charge is 0.378 e. The molecule has 2 atom stereocenters. The second-order valence-corrected chi connectivity index (χ2v) is 5.20. The van der Waals surface area contributed by atoms with Crippen LogP contribution in [0.15, 0.2) is 30.5 Å². The molecule has 0 unspecified atom stereocenters. The Hall–Kier alpha value is -1.81. The van der Waals surface area contributed by atoms with Crippen molar-refractivity contribution in [3.05, 3.63) is 30.5 Å². The van der Waals surface area contributed by atoms with E-state index in [4.69, 9.17) is 4.74 Å². The van der Waals surface area contributed by atoms with Crippen LogP contribution in [0.4, 0.5) is 5.69 Å². The van der Waals surface area contributed by atoms with Crippen molar-refractivity contribution >= 4 is 22.5 Å². The summed E-state index contributed by atoms with van der Waals surface area (Å²) in [4.78, 5) is 12.1. The van der Waals surface area contributed by atoms with Crippen LogP contribution in [0, 0.1) is 5.92 Å². The van der Waals surface area contributed by atoms with Gasteiger partial charge < -0.3 is 14.6 Å². The van der Waals surface area contributed by atoms with Gasteiger partial charge in [0.25, 0.3) is 0 Å². The van der Waals surface area contributed by atoms with Crippen LogP contribution in [0.5, 0.6) is 0 Å². The minimum Gasteiger partial charge on any atom is -0.378 e. The number of amides is 1. The Kier molecular flexibility index (Phi) is 3.49. The molecule has 1 aliphatic rings. The molecule has 1 aromatic heterocycles. The standard InChI is InChI=1S/C16H20N2O2/c1-3-18-8-7-11-9-12(5-6-14(11)18)17-16(19)13-10-15(13)20-4-2/h5-9,13,15H,3-4,10H2,1-2H3,(H,17,19)/t13-,15+/m0/s1. The fraction of sp³-hybridized carbons (Fsp3) is 0.438. The average Bonchev–Trinajstić information content (AvgIpc) is 3.10. The molecular weight excluding hydrogens is 252 g/mol. The van der Waals surface area contributed by atoms with E-state index in [9.17, 15) is 4.79 Å². The molecule has 0 spiro atoms. The number of anilines is 1. The average molecular weight is 272 g/mol. The molecule has 0 radical (unpaired) electrons. The third kappa shape index (κ3) is 2.43. The quantitative estimate of drug-likeness (QED) is 0.909. The number of nitrogens with zero attached hydrogens (tertiary/aromatic N) is 1. The van der Waals surface area contributed by atoms with Crippen molar-refractivity contribution < 1.29 is 9.53 Å². The van der Waals surface area contributed by atoms with Crippen LogP contribution in [0.3, 0.4) is 0 Å². The Balaban J connectivity index is 1.70. The number of ether oxygens (including phenoxy) is 1. The summed E-state index contributed by atoms with van der Waals surface area (Å²) in [7, 11) is 0. The second-order valence-electron chi connectivity index (χ2n) is 5.20. The molecule has 4 heteroatoms. The summed E-state index contributed by atoms with van der Waals surface area (Å²) < 4.78 is 7.64. The molecule has 1 amide bonds. The number of rotatable bonds is 5. The number of carbonyl (C=O) groups excluding carboxylic acids is 1. The van der Waals surface area contributed by atoms with Gasteiger partial charge in [0.05, 0.1) is 12.0 Å². The Morgan fingerprint density at radius 2 is 2.25 bits per heavy atom. The highest BCUT2D eigenvalue weighted by atomic mass is 16.5. The van der Waals surface area contributed by atoms with Gasteiger partial charge >= 0.3 is 0 Å². The lowest BCUT2D eigenvalue weighted by Crippen LogP contribution is -2.16. The van der Waals surface area contributed by atoms with E-state index in [1.165, 1.54) is 5.52 Å². The van der Waals surface area contributed by atoms with Crippen molar-refractivity contribution in [2.24, 2.45) is 5.92 Å². The first-order valence-corrected chi connectivity index (χ1v) is 7.24. The second kappa shape index (κ2) is 5.29. The van der Waals surface area contributed by atoms with Crippen molar-refractivity contribution in [2.45, 2.75) is 32.9 Å². The molecular formula is C16H20N2O2. The summed E-state index contributed by atoms with van der Waals surface area (Å²) >= 11 is 0. The normalized spacial score (nSPS) is 21.1. The number of nitrogens with one attached hydrogen (secondary N) is 1. The van der Waals surface area contributed by atoms with Gasteiger partial charge in [-0.25, -0.2) is 0 Å². The van der Waals surface area contributed by atoms with Gasteiger partial charge in [-0.15, -0.1) is 0 Å². The maximum Gasteiger partial charge on any atom is 0.230 e. The van der Waals surface area contributed by atoms with Gasteiger partial charge in [0.15, 0.2) is 0 Å². The van der Waals surface area contributed by atoms with E-state index in [0.29, 0.717) is 6.61 Å². The molecule has 1 N–H and O–H groups in total. The summed E-state index contributed by atoms with van der Waals surface area (Å²) in [6.07, 6.45) is 3.03. The van der Waals surface area contributed by atoms with E-state index in [2.05, 4.69) is 35.1 Å². The zero-order valence-corrected chi connectivity index (χ0v) is 11.9. The fourth-order valence-corrected chi connectivity index (χ4v) is 2.63.